The summed E-state index contributed by atoms with van der Waals surface area (Å²) in [6, 6.07) is 11.7. The predicted molar refractivity (Wildman–Crippen MR) is 102 cm³/mol. The van der Waals surface area contributed by atoms with Crippen molar-refractivity contribution < 1.29 is 4.79 Å². The molecule has 1 aromatic carbocycles. The van der Waals surface area contributed by atoms with E-state index in [2.05, 4.69) is 43.3 Å². The number of aldehydes is 1. The number of hydrogen-bond acceptors (Lipinski definition) is 3. The zero-order chi connectivity index (χ0) is 17.3. The average Bonchev–Trinajstić information content (AvgIpc) is 3.03. The van der Waals surface area contributed by atoms with Crippen molar-refractivity contribution in [3.8, 4) is 21.6 Å². The second-order valence-corrected chi connectivity index (χ2v) is 8.05. The first-order valence-corrected chi connectivity index (χ1v) is 8.95. The number of rotatable bonds is 3. The fourth-order valence-electron chi connectivity index (χ4n) is 2.46. The maximum absolute atomic E-state index is 10.8. The molecule has 3 aromatic rings. The van der Waals surface area contributed by atoms with Gasteiger partial charge in [-0.1, -0.05) is 44.5 Å². The maximum atomic E-state index is 10.8. The van der Waals surface area contributed by atoms with Gasteiger partial charge >= 0.3 is 0 Å². The minimum atomic E-state index is 0.0179. The van der Waals surface area contributed by atoms with Crippen molar-refractivity contribution in [1.29, 1.82) is 0 Å². The highest BCUT2D eigenvalue weighted by Crippen LogP contribution is 2.36. The first-order valence-electron chi connectivity index (χ1n) is 7.69. The van der Waals surface area contributed by atoms with Gasteiger partial charge in [0.2, 0.25) is 0 Å². The molecule has 0 saturated heterocycles. The normalized spacial score (nSPS) is 11.5. The van der Waals surface area contributed by atoms with Crippen LogP contribution in [-0.2, 0) is 5.41 Å². The molecule has 0 aliphatic rings. The van der Waals surface area contributed by atoms with Gasteiger partial charge in [-0.05, 0) is 40.8 Å². The molecule has 0 fully saturated rings. The monoisotopic (exact) mass is 355 g/mol. The van der Waals surface area contributed by atoms with E-state index in [-0.39, 0.29) is 5.41 Å². The Hall–Kier alpha value is -1.97. The number of hydrogen-bond donors (Lipinski definition) is 0. The summed E-state index contributed by atoms with van der Waals surface area (Å²) in [5.74, 6) is 0. The molecule has 0 bridgehead atoms. The zero-order valence-electron chi connectivity index (χ0n) is 13.8. The van der Waals surface area contributed by atoms with Crippen LogP contribution in [0.1, 0.15) is 36.8 Å². The van der Waals surface area contributed by atoms with Gasteiger partial charge in [0.1, 0.15) is 6.29 Å². The number of benzene rings is 1. The molecule has 122 valence electrons. The van der Waals surface area contributed by atoms with Crippen LogP contribution < -0.4 is 0 Å². The molecule has 0 spiro atoms. The summed E-state index contributed by atoms with van der Waals surface area (Å²) in [7, 11) is 0. The third kappa shape index (κ3) is 3.42. The smallest absolute Gasteiger partial charge is 0.150 e. The van der Waals surface area contributed by atoms with Gasteiger partial charge in [0.25, 0.3) is 0 Å². The van der Waals surface area contributed by atoms with Crippen molar-refractivity contribution in [3.05, 3.63) is 64.3 Å². The second-order valence-electron chi connectivity index (χ2n) is 6.74. The van der Waals surface area contributed by atoms with Crippen LogP contribution in [0.25, 0.3) is 21.6 Å². The molecular formula is C20H18ClNOS. The Bertz CT molecular complexity index is 893. The van der Waals surface area contributed by atoms with E-state index < -0.39 is 0 Å². The highest BCUT2D eigenvalue weighted by Gasteiger charge is 2.16. The second kappa shape index (κ2) is 6.50. The molecule has 0 aliphatic heterocycles. The first-order chi connectivity index (χ1) is 11.4. The van der Waals surface area contributed by atoms with E-state index in [4.69, 9.17) is 11.6 Å². The van der Waals surface area contributed by atoms with Gasteiger partial charge in [0.15, 0.2) is 0 Å². The largest absolute Gasteiger partial charge is 0.298 e. The van der Waals surface area contributed by atoms with Crippen LogP contribution >= 0.6 is 22.9 Å². The predicted octanol–water partition coefficient (Wildman–Crippen LogP) is 6.24. The molecule has 3 rings (SSSR count). The quantitative estimate of drug-likeness (QED) is 0.520. The summed E-state index contributed by atoms with van der Waals surface area (Å²) >= 11 is 8.00. The molecular weight excluding hydrogens is 338 g/mol. The van der Waals surface area contributed by atoms with Gasteiger partial charge in [-0.3, -0.25) is 9.78 Å². The lowest BCUT2D eigenvalue weighted by Gasteiger charge is -2.17. The fourth-order valence-corrected chi connectivity index (χ4v) is 3.67. The van der Waals surface area contributed by atoms with E-state index in [1.807, 2.05) is 18.3 Å². The Balaban J connectivity index is 1.98. The molecule has 24 heavy (non-hydrogen) atoms. The van der Waals surface area contributed by atoms with Crippen molar-refractivity contribution >= 4 is 29.2 Å². The lowest BCUT2D eigenvalue weighted by Crippen LogP contribution is -2.13. The molecule has 0 radical (unpaired) electrons. The number of thiophene rings is 1. The van der Waals surface area contributed by atoms with Gasteiger partial charge < -0.3 is 0 Å². The first kappa shape index (κ1) is 16.9. The summed E-state index contributed by atoms with van der Waals surface area (Å²) in [5, 5.41) is 2.68. The standard InChI is InChI=1S/C20H18ClNOS/c1-20(2,3)19-10-14(6-7-22-19)18-9-15(12-24-18)16-5-4-13(11-23)8-17(16)21/h4-12H,1-3H3. The maximum Gasteiger partial charge on any atom is 0.150 e. The van der Waals surface area contributed by atoms with Gasteiger partial charge in [-0.25, -0.2) is 0 Å². The molecule has 0 aliphatic carbocycles. The summed E-state index contributed by atoms with van der Waals surface area (Å²) in [5.41, 5.74) is 4.84. The third-order valence-corrected chi connectivity index (χ3v) is 5.14. The van der Waals surface area contributed by atoms with Crippen molar-refractivity contribution in [2.75, 3.05) is 0 Å². The molecule has 0 amide bonds. The molecule has 4 heteroatoms. The van der Waals surface area contributed by atoms with Crippen LogP contribution in [-0.4, -0.2) is 11.3 Å². The fraction of sp³-hybridized carbons (Fsp3) is 0.200. The van der Waals surface area contributed by atoms with Crippen LogP contribution in [0.2, 0.25) is 5.02 Å². The number of nitrogens with zero attached hydrogens (tertiary/aromatic N) is 1. The minimum Gasteiger partial charge on any atom is -0.298 e. The van der Waals surface area contributed by atoms with Crippen molar-refractivity contribution in [2.45, 2.75) is 26.2 Å². The number of carbonyl (C=O) groups excluding carboxylic acids is 1. The molecule has 0 saturated carbocycles. The van der Waals surface area contributed by atoms with E-state index in [1.165, 1.54) is 4.88 Å². The van der Waals surface area contributed by atoms with E-state index >= 15 is 0 Å². The van der Waals surface area contributed by atoms with E-state index in [0.717, 1.165) is 28.7 Å². The highest BCUT2D eigenvalue weighted by atomic mass is 35.5. The average molecular weight is 356 g/mol. The van der Waals surface area contributed by atoms with Gasteiger partial charge in [0.05, 0.1) is 0 Å². The van der Waals surface area contributed by atoms with Crippen LogP contribution in [0, 0.1) is 0 Å². The Morgan fingerprint density at radius 3 is 2.54 bits per heavy atom. The molecule has 0 N–H and O–H groups in total. The molecule has 2 nitrogen and oxygen atoms in total. The van der Waals surface area contributed by atoms with Crippen molar-refractivity contribution in [3.63, 3.8) is 0 Å². The van der Waals surface area contributed by atoms with E-state index in [9.17, 15) is 4.79 Å². The third-order valence-electron chi connectivity index (χ3n) is 3.85. The van der Waals surface area contributed by atoms with Gasteiger partial charge in [-0.2, -0.15) is 0 Å². The van der Waals surface area contributed by atoms with E-state index in [1.54, 1.807) is 23.5 Å². The Kier molecular flexibility index (Phi) is 4.57. The summed E-state index contributed by atoms with van der Waals surface area (Å²) in [6.45, 7) is 6.48. The summed E-state index contributed by atoms with van der Waals surface area (Å²) in [4.78, 5) is 16.5. The van der Waals surface area contributed by atoms with Gasteiger partial charge in [0, 0.05) is 38.3 Å². The minimum absolute atomic E-state index is 0.0179. The molecule has 0 atom stereocenters. The number of pyridine rings is 1. The van der Waals surface area contributed by atoms with Crippen LogP contribution in [0.4, 0.5) is 0 Å². The lowest BCUT2D eigenvalue weighted by molar-refractivity contribution is 0.112. The highest BCUT2D eigenvalue weighted by molar-refractivity contribution is 7.14. The number of halogens is 1. The Morgan fingerprint density at radius 1 is 1.08 bits per heavy atom. The number of aromatic nitrogens is 1. The molecule has 2 heterocycles. The summed E-state index contributed by atoms with van der Waals surface area (Å²) < 4.78 is 0. The Morgan fingerprint density at radius 2 is 1.88 bits per heavy atom. The van der Waals surface area contributed by atoms with Gasteiger partial charge in [-0.15, -0.1) is 11.3 Å². The van der Waals surface area contributed by atoms with Crippen LogP contribution in [0.15, 0.2) is 48.0 Å². The summed E-state index contributed by atoms with van der Waals surface area (Å²) in [6.07, 6.45) is 2.67. The SMILES string of the molecule is CC(C)(C)c1cc(-c2cc(-c3ccc(C=O)cc3Cl)cs2)ccn1. The van der Waals surface area contributed by atoms with E-state index in [0.29, 0.717) is 10.6 Å². The topological polar surface area (TPSA) is 30.0 Å². The molecule has 0 unspecified atom stereocenters. The zero-order valence-corrected chi connectivity index (χ0v) is 15.4. The van der Waals surface area contributed by atoms with Crippen LogP contribution in [0.5, 0.6) is 0 Å². The Labute approximate surface area is 151 Å². The van der Waals surface area contributed by atoms with Crippen molar-refractivity contribution in [2.24, 2.45) is 0 Å². The van der Waals surface area contributed by atoms with Crippen molar-refractivity contribution in [1.82, 2.24) is 4.98 Å². The molecule has 2 aromatic heterocycles. The lowest BCUT2D eigenvalue weighted by atomic mass is 9.90. The van der Waals surface area contributed by atoms with Crippen LogP contribution in [0.3, 0.4) is 0 Å². The number of carbonyl (C=O) groups is 1.